The molecule has 0 fully saturated rings. The smallest absolute Gasteiger partial charge is 0.307 e. The molecule has 0 saturated heterocycles. The molecule has 5 nitrogen and oxygen atoms in total. The topological polar surface area (TPSA) is 74.7 Å². The third-order valence-electron chi connectivity index (χ3n) is 3.13. The first-order valence-corrected chi connectivity index (χ1v) is 7.43. The molecule has 1 N–H and O–H groups in total. The number of hydrogen-bond acceptors (Lipinski definition) is 4. The second-order valence-electron chi connectivity index (χ2n) is 4.62. The van der Waals surface area contributed by atoms with Crippen molar-refractivity contribution in [2.24, 2.45) is 5.92 Å². The number of fused-ring (bicyclic) bond motifs is 1. The number of rotatable bonds is 6. The van der Waals surface area contributed by atoms with Crippen molar-refractivity contribution in [2.45, 2.75) is 6.92 Å². The highest BCUT2D eigenvalue weighted by Gasteiger charge is 2.34. The van der Waals surface area contributed by atoms with Crippen molar-refractivity contribution < 1.29 is 19.5 Å². The van der Waals surface area contributed by atoms with Gasteiger partial charge < -0.3 is 5.11 Å². The second-order valence-corrected chi connectivity index (χ2v) is 5.77. The van der Waals surface area contributed by atoms with Crippen molar-refractivity contribution in [3.8, 4) is 0 Å². The summed E-state index contributed by atoms with van der Waals surface area (Å²) < 4.78 is 0. The van der Waals surface area contributed by atoms with Crippen LogP contribution >= 0.6 is 11.8 Å². The molecule has 2 amide bonds. The Morgan fingerprint density at radius 2 is 1.80 bits per heavy atom. The zero-order valence-corrected chi connectivity index (χ0v) is 11.9. The Bertz CT molecular complexity index is 523. The van der Waals surface area contributed by atoms with E-state index in [4.69, 9.17) is 5.11 Å². The van der Waals surface area contributed by atoms with Gasteiger partial charge in [-0.2, -0.15) is 11.8 Å². The summed E-state index contributed by atoms with van der Waals surface area (Å²) >= 11 is 1.43. The molecule has 0 saturated carbocycles. The summed E-state index contributed by atoms with van der Waals surface area (Å²) in [4.78, 5) is 36.0. The van der Waals surface area contributed by atoms with Crippen molar-refractivity contribution in [1.82, 2.24) is 4.90 Å². The summed E-state index contributed by atoms with van der Waals surface area (Å²) in [6.07, 6.45) is 0. The van der Waals surface area contributed by atoms with Gasteiger partial charge in [-0.1, -0.05) is 19.1 Å². The minimum Gasteiger partial charge on any atom is -0.481 e. The van der Waals surface area contributed by atoms with Crippen molar-refractivity contribution in [2.75, 3.05) is 18.1 Å². The van der Waals surface area contributed by atoms with Crippen LogP contribution in [0.3, 0.4) is 0 Å². The lowest BCUT2D eigenvalue weighted by Gasteiger charge is -2.13. The van der Waals surface area contributed by atoms with Crippen LogP contribution in [0.5, 0.6) is 0 Å². The molecule has 106 valence electrons. The molecule has 1 aromatic rings. The van der Waals surface area contributed by atoms with E-state index in [2.05, 4.69) is 0 Å². The number of carbonyl (C=O) groups is 3. The molecule has 1 aromatic carbocycles. The minimum atomic E-state index is -0.835. The van der Waals surface area contributed by atoms with E-state index in [0.29, 0.717) is 29.2 Å². The van der Waals surface area contributed by atoms with Gasteiger partial charge in [0.05, 0.1) is 17.0 Å². The van der Waals surface area contributed by atoms with E-state index in [9.17, 15) is 14.4 Å². The van der Waals surface area contributed by atoms with E-state index >= 15 is 0 Å². The minimum absolute atomic E-state index is 0.266. The Kier molecular flexibility index (Phi) is 4.44. The third-order valence-corrected chi connectivity index (χ3v) is 4.33. The predicted octanol–water partition coefficient (Wildman–Crippen LogP) is 1.74. The average molecular weight is 293 g/mol. The van der Waals surface area contributed by atoms with Crippen LogP contribution in [0.25, 0.3) is 0 Å². The van der Waals surface area contributed by atoms with Crippen LogP contribution in [0.4, 0.5) is 0 Å². The quantitative estimate of drug-likeness (QED) is 0.638. The predicted molar refractivity (Wildman–Crippen MR) is 75.9 cm³/mol. The molecule has 0 aromatic heterocycles. The van der Waals surface area contributed by atoms with E-state index in [1.165, 1.54) is 16.7 Å². The lowest BCUT2D eigenvalue weighted by atomic mass is 10.1. The van der Waals surface area contributed by atoms with E-state index in [1.807, 2.05) is 0 Å². The number of carboxylic acid groups (broad SMARTS) is 1. The standard InChI is InChI=1S/C14H15NO4S/c1-9(14(18)19)8-20-7-6-15-12(16)10-4-2-3-5-11(10)13(15)17/h2-5,9H,6-8H2,1H3,(H,18,19). The van der Waals surface area contributed by atoms with Crippen molar-refractivity contribution >= 4 is 29.5 Å². The van der Waals surface area contributed by atoms with Gasteiger partial charge in [0, 0.05) is 18.1 Å². The van der Waals surface area contributed by atoms with Crippen LogP contribution in [-0.4, -0.2) is 45.8 Å². The van der Waals surface area contributed by atoms with E-state index in [1.54, 1.807) is 31.2 Å². The third kappa shape index (κ3) is 2.85. The van der Waals surface area contributed by atoms with E-state index < -0.39 is 11.9 Å². The Balaban J connectivity index is 1.88. The first-order chi connectivity index (χ1) is 9.52. The fourth-order valence-electron chi connectivity index (χ4n) is 1.93. The van der Waals surface area contributed by atoms with Crippen LogP contribution in [0.15, 0.2) is 24.3 Å². The summed E-state index contributed by atoms with van der Waals surface area (Å²) in [5, 5.41) is 8.76. The second kappa shape index (κ2) is 6.09. The summed E-state index contributed by atoms with van der Waals surface area (Å²) in [6.45, 7) is 1.95. The normalized spacial score (nSPS) is 15.3. The monoisotopic (exact) mass is 293 g/mol. The van der Waals surface area contributed by atoms with Gasteiger partial charge in [0.15, 0.2) is 0 Å². The molecule has 0 spiro atoms. The number of carboxylic acids is 1. The molecule has 0 radical (unpaired) electrons. The maximum Gasteiger partial charge on any atom is 0.307 e. The molecule has 0 aliphatic carbocycles. The van der Waals surface area contributed by atoms with Gasteiger partial charge in [-0.25, -0.2) is 0 Å². The molecule has 2 rings (SSSR count). The number of hydrogen-bond donors (Lipinski definition) is 1. The van der Waals surface area contributed by atoms with Gasteiger partial charge in [-0.3, -0.25) is 19.3 Å². The molecule has 20 heavy (non-hydrogen) atoms. The van der Waals surface area contributed by atoms with Crippen LogP contribution in [0, 0.1) is 5.92 Å². The zero-order valence-electron chi connectivity index (χ0n) is 11.0. The lowest BCUT2D eigenvalue weighted by molar-refractivity contribution is -0.140. The van der Waals surface area contributed by atoms with Crippen molar-refractivity contribution in [3.63, 3.8) is 0 Å². The lowest BCUT2D eigenvalue weighted by Crippen LogP contribution is -2.32. The highest BCUT2D eigenvalue weighted by molar-refractivity contribution is 7.99. The zero-order chi connectivity index (χ0) is 14.7. The first kappa shape index (κ1) is 14.6. The van der Waals surface area contributed by atoms with Gasteiger partial charge in [0.1, 0.15) is 0 Å². The summed E-state index contributed by atoms with van der Waals surface area (Å²) in [5.41, 5.74) is 0.891. The molecule has 1 aliphatic heterocycles. The fraction of sp³-hybridized carbons (Fsp3) is 0.357. The number of benzene rings is 1. The average Bonchev–Trinajstić information content (AvgIpc) is 2.68. The van der Waals surface area contributed by atoms with Gasteiger partial charge in [0.2, 0.25) is 0 Å². The number of amides is 2. The van der Waals surface area contributed by atoms with Gasteiger partial charge >= 0.3 is 5.97 Å². The molecule has 6 heteroatoms. The summed E-state index contributed by atoms with van der Waals surface area (Å²) in [5.74, 6) is -0.780. The number of imide groups is 1. The van der Waals surface area contributed by atoms with Gasteiger partial charge in [-0.15, -0.1) is 0 Å². The first-order valence-electron chi connectivity index (χ1n) is 6.28. The highest BCUT2D eigenvalue weighted by Crippen LogP contribution is 2.22. The molecule has 1 atom stereocenters. The van der Waals surface area contributed by atoms with Crippen LogP contribution in [0.1, 0.15) is 27.6 Å². The number of aliphatic carboxylic acids is 1. The van der Waals surface area contributed by atoms with Crippen molar-refractivity contribution in [3.05, 3.63) is 35.4 Å². The molecule has 1 aliphatic rings. The Morgan fingerprint density at radius 3 is 2.30 bits per heavy atom. The molecule has 0 bridgehead atoms. The Hall–Kier alpha value is -1.82. The highest BCUT2D eigenvalue weighted by atomic mass is 32.2. The maximum absolute atomic E-state index is 12.0. The van der Waals surface area contributed by atoms with Gasteiger partial charge in [0.25, 0.3) is 11.8 Å². The number of carbonyl (C=O) groups excluding carboxylic acids is 2. The van der Waals surface area contributed by atoms with Gasteiger partial charge in [-0.05, 0) is 12.1 Å². The SMILES string of the molecule is CC(CSCCN1C(=O)c2ccccc2C1=O)C(=O)O. The Morgan fingerprint density at radius 1 is 1.25 bits per heavy atom. The summed E-state index contributed by atoms with van der Waals surface area (Å²) in [7, 11) is 0. The maximum atomic E-state index is 12.0. The largest absolute Gasteiger partial charge is 0.481 e. The van der Waals surface area contributed by atoms with Crippen LogP contribution in [-0.2, 0) is 4.79 Å². The molecule has 1 heterocycles. The summed E-state index contributed by atoms with van der Waals surface area (Å²) in [6, 6.07) is 6.76. The van der Waals surface area contributed by atoms with Crippen LogP contribution in [0.2, 0.25) is 0 Å². The molecular weight excluding hydrogens is 278 g/mol. The van der Waals surface area contributed by atoms with E-state index in [-0.39, 0.29) is 11.8 Å². The molecule has 1 unspecified atom stereocenters. The molecular formula is C14H15NO4S. The Labute approximate surface area is 121 Å². The van der Waals surface area contributed by atoms with Crippen LogP contribution < -0.4 is 0 Å². The van der Waals surface area contributed by atoms with Crippen molar-refractivity contribution in [1.29, 1.82) is 0 Å². The number of nitrogens with zero attached hydrogens (tertiary/aromatic N) is 1. The number of thioether (sulfide) groups is 1. The van der Waals surface area contributed by atoms with E-state index in [0.717, 1.165) is 0 Å². The fourth-order valence-corrected chi connectivity index (χ4v) is 2.90.